The summed E-state index contributed by atoms with van der Waals surface area (Å²) < 4.78 is 0. The summed E-state index contributed by atoms with van der Waals surface area (Å²) in [4.78, 5) is 13.9. The number of rotatable bonds is 3. The van der Waals surface area contributed by atoms with Gasteiger partial charge < -0.3 is 20.6 Å². The molecule has 1 aliphatic heterocycles. The largest absolute Gasteiger partial charge is 0.394 e. The minimum Gasteiger partial charge on any atom is -0.394 e. The molecule has 0 aromatic heterocycles. The van der Waals surface area contributed by atoms with Crippen molar-refractivity contribution in [2.24, 2.45) is 0 Å². The Morgan fingerprint density at radius 3 is 3.05 bits per heavy atom. The Labute approximate surface area is 113 Å². The molecule has 0 fully saturated rings. The van der Waals surface area contributed by atoms with Crippen LogP contribution in [0.4, 0.5) is 16.2 Å². The van der Waals surface area contributed by atoms with Gasteiger partial charge >= 0.3 is 6.03 Å². The first-order chi connectivity index (χ1) is 9.10. The molecule has 0 spiro atoms. The first-order valence-corrected chi connectivity index (χ1v) is 6.62. The van der Waals surface area contributed by atoms with Gasteiger partial charge in [-0.25, -0.2) is 4.79 Å². The normalized spacial score (nSPS) is 15.6. The zero-order chi connectivity index (χ0) is 13.8. The molecule has 1 aromatic carbocycles. The highest BCUT2D eigenvalue weighted by Gasteiger charge is 2.14. The van der Waals surface area contributed by atoms with E-state index in [0.717, 1.165) is 25.1 Å². The molecule has 19 heavy (non-hydrogen) atoms. The highest BCUT2D eigenvalue weighted by atomic mass is 16.3. The van der Waals surface area contributed by atoms with Gasteiger partial charge in [0.25, 0.3) is 0 Å². The van der Waals surface area contributed by atoms with Crippen molar-refractivity contribution in [3.05, 3.63) is 23.8 Å². The topological polar surface area (TPSA) is 64.6 Å². The maximum absolute atomic E-state index is 11.7. The summed E-state index contributed by atoms with van der Waals surface area (Å²) in [6.07, 6.45) is 2.19. The number of urea groups is 1. The minimum atomic E-state index is -0.286. The van der Waals surface area contributed by atoms with Crippen LogP contribution in [0.2, 0.25) is 0 Å². The Bertz CT molecular complexity index is 462. The highest BCUT2D eigenvalue weighted by Crippen LogP contribution is 2.28. The molecule has 104 valence electrons. The van der Waals surface area contributed by atoms with Crippen molar-refractivity contribution in [2.45, 2.75) is 25.8 Å². The van der Waals surface area contributed by atoms with E-state index in [4.69, 9.17) is 5.11 Å². The van der Waals surface area contributed by atoms with Crippen molar-refractivity contribution in [3.63, 3.8) is 0 Å². The number of nitrogens with one attached hydrogen (secondary N) is 2. The van der Waals surface area contributed by atoms with Crippen molar-refractivity contribution in [1.82, 2.24) is 5.32 Å². The molecule has 0 saturated heterocycles. The van der Waals surface area contributed by atoms with Gasteiger partial charge in [0.1, 0.15) is 0 Å². The molecule has 1 aliphatic rings. The van der Waals surface area contributed by atoms with Crippen molar-refractivity contribution in [2.75, 3.05) is 30.4 Å². The number of benzene rings is 1. The SMILES string of the molecule is C[C@@H](CO)NC(=O)Nc1ccc2c(c1)CCCN2C. The summed E-state index contributed by atoms with van der Waals surface area (Å²) in [5.74, 6) is 0. The maximum atomic E-state index is 11.7. The number of hydrogen-bond acceptors (Lipinski definition) is 3. The van der Waals surface area contributed by atoms with Crippen molar-refractivity contribution in [3.8, 4) is 0 Å². The van der Waals surface area contributed by atoms with Crippen LogP contribution in [0.15, 0.2) is 18.2 Å². The van der Waals surface area contributed by atoms with Gasteiger partial charge in [-0.1, -0.05) is 0 Å². The smallest absolute Gasteiger partial charge is 0.319 e. The Hall–Kier alpha value is -1.75. The van der Waals surface area contributed by atoms with Gasteiger partial charge in [0, 0.05) is 25.0 Å². The predicted molar refractivity (Wildman–Crippen MR) is 76.7 cm³/mol. The van der Waals surface area contributed by atoms with Gasteiger partial charge in [0.2, 0.25) is 0 Å². The van der Waals surface area contributed by atoms with E-state index >= 15 is 0 Å². The van der Waals surface area contributed by atoms with Crippen LogP contribution in [0.3, 0.4) is 0 Å². The molecule has 5 nitrogen and oxygen atoms in total. The number of carbonyl (C=O) groups is 1. The number of carbonyl (C=O) groups excluding carboxylic acids is 1. The van der Waals surface area contributed by atoms with Crippen LogP contribution in [0, 0.1) is 0 Å². The molecule has 1 aromatic rings. The van der Waals surface area contributed by atoms with Crippen LogP contribution in [0.5, 0.6) is 0 Å². The second kappa shape index (κ2) is 5.93. The summed E-state index contributed by atoms with van der Waals surface area (Å²) in [6, 6.07) is 5.44. The Kier molecular flexibility index (Phi) is 4.27. The van der Waals surface area contributed by atoms with Gasteiger partial charge in [-0.2, -0.15) is 0 Å². The van der Waals surface area contributed by atoms with Crippen LogP contribution in [0.25, 0.3) is 0 Å². The fourth-order valence-electron chi connectivity index (χ4n) is 2.30. The zero-order valence-corrected chi connectivity index (χ0v) is 11.4. The van der Waals surface area contributed by atoms with Crippen molar-refractivity contribution >= 4 is 17.4 Å². The lowest BCUT2D eigenvalue weighted by Crippen LogP contribution is -2.38. The summed E-state index contributed by atoms with van der Waals surface area (Å²) in [6.45, 7) is 2.76. The summed E-state index contributed by atoms with van der Waals surface area (Å²) in [5, 5.41) is 14.3. The predicted octanol–water partition coefficient (Wildman–Crippen LogP) is 1.57. The molecule has 2 amide bonds. The maximum Gasteiger partial charge on any atom is 0.319 e. The van der Waals surface area contributed by atoms with Gasteiger partial charge in [-0.15, -0.1) is 0 Å². The van der Waals surface area contributed by atoms with Crippen LogP contribution in [-0.2, 0) is 6.42 Å². The quantitative estimate of drug-likeness (QED) is 0.775. The van der Waals surface area contributed by atoms with Crippen LogP contribution < -0.4 is 15.5 Å². The average molecular weight is 263 g/mol. The second-order valence-electron chi connectivity index (χ2n) is 5.05. The van der Waals surface area contributed by atoms with E-state index in [1.54, 1.807) is 6.92 Å². The molecule has 0 radical (unpaired) electrons. The van der Waals surface area contributed by atoms with E-state index in [2.05, 4.69) is 22.6 Å². The van der Waals surface area contributed by atoms with Crippen LogP contribution >= 0.6 is 0 Å². The third-order valence-corrected chi connectivity index (χ3v) is 3.34. The standard InChI is InChI=1S/C14H21N3O2/c1-10(9-18)15-14(19)16-12-5-6-13-11(8-12)4-3-7-17(13)2/h5-6,8,10,18H,3-4,7,9H2,1-2H3,(H2,15,16,19)/t10-/m0/s1. The van der Waals surface area contributed by atoms with Crippen LogP contribution in [0.1, 0.15) is 18.9 Å². The number of aryl methyl sites for hydroxylation is 1. The summed E-state index contributed by atoms with van der Waals surface area (Å²) >= 11 is 0. The molecular formula is C14H21N3O2. The number of aliphatic hydroxyl groups is 1. The van der Waals surface area contributed by atoms with E-state index in [-0.39, 0.29) is 18.7 Å². The summed E-state index contributed by atoms with van der Waals surface area (Å²) in [5.41, 5.74) is 3.29. The first-order valence-electron chi connectivity index (χ1n) is 6.62. The van der Waals surface area contributed by atoms with Crippen LogP contribution in [-0.4, -0.2) is 37.4 Å². The highest BCUT2D eigenvalue weighted by molar-refractivity contribution is 5.90. The molecule has 0 aliphatic carbocycles. The molecule has 0 unspecified atom stereocenters. The zero-order valence-electron chi connectivity index (χ0n) is 11.4. The number of fused-ring (bicyclic) bond motifs is 1. The average Bonchev–Trinajstić information content (AvgIpc) is 2.38. The second-order valence-corrected chi connectivity index (χ2v) is 5.05. The lowest BCUT2D eigenvalue weighted by atomic mass is 10.0. The van der Waals surface area contributed by atoms with Gasteiger partial charge in [-0.3, -0.25) is 0 Å². The third kappa shape index (κ3) is 3.38. The van der Waals surface area contributed by atoms with E-state index in [1.165, 1.54) is 11.3 Å². The van der Waals surface area contributed by atoms with Crippen molar-refractivity contribution in [1.29, 1.82) is 0 Å². The van der Waals surface area contributed by atoms with Gasteiger partial charge in [0.05, 0.1) is 12.6 Å². The van der Waals surface area contributed by atoms with E-state index in [0.29, 0.717) is 0 Å². The molecule has 0 bridgehead atoms. The lowest BCUT2D eigenvalue weighted by Gasteiger charge is -2.27. The van der Waals surface area contributed by atoms with Gasteiger partial charge in [0.15, 0.2) is 0 Å². The molecule has 2 rings (SSSR count). The minimum absolute atomic E-state index is 0.0671. The molecule has 3 N–H and O–H groups in total. The lowest BCUT2D eigenvalue weighted by molar-refractivity contribution is 0.229. The molecule has 0 saturated carbocycles. The Morgan fingerprint density at radius 2 is 2.32 bits per heavy atom. The van der Waals surface area contributed by atoms with E-state index in [1.807, 2.05) is 18.2 Å². The van der Waals surface area contributed by atoms with Gasteiger partial charge in [-0.05, 0) is 43.5 Å². The third-order valence-electron chi connectivity index (χ3n) is 3.34. The monoisotopic (exact) mass is 263 g/mol. The van der Waals surface area contributed by atoms with E-state index in [9.17, 15) is 4.79 Å². The molecule has 1 atom stereocenters. The number of anilines is 2. The number of aliphatic hydroxyl groups excluding tert-OH is 1. The van der Waals surface area contributed by atoms with Crippen molar-refractivity contribution < 1.29 is 9.90 Å². The molecule has 1 heterocycles. The first kappa shape index (κ1) is 13.7. The Balaban J connectivity index is 2.04. The Morgan fingerprint density at radius 1 is 1.53 bits per heavy atom. The number of amides is 2. The molecule has 5 heteroatoms. The fourth-order valence-corrected chi connectivity index (χ4v) is 2.30. The number of hydrogen-bond donors (Lipinski definition) is 3. The summed E-state index contributed by atoms with van der Waals surface area (Å²) in [7, 11) is 2.08. The molecular weight excluding hydrogens is 242 g/mol. The van der Waals surface area contributed by atoms with E-state index < -0.39 is 0 Å². The number of nitrogens with zero attached hydrogens (tertiary/aromatic N) is 1. The fraction of sp³-hybridized carbons (Fsp3) is 0.500.